The van der Waals surface area contributed by atoms with Crippen LogP contribution in [-0.2, 0) is 0 Å². The summed E-state index contributed by atoms with van der Waals surface area (Å²) < 4.78 is 10.4. The van der Waals surface area contributed by atoms with Crippen molar-refractivity contribution in [2.24, 2.45) is 0 Å². The lowest BCUT2D eigenvalue weighted by Crippen LogP contribution is -1.98. The van der Waals surface area contributed by atoms with E-state index in [0.717, 1.165) is 0 Å². The summed E-state index contributed by atoms with van der Waals surface area (Å²) in [5.41, 5.74) is 5.25. The lowest BCUT2D eigenvalue weighted by atomic mass is 10.3. The number of benzene rings is 1. The average molecular weight is 261 g/mol. The van der Waals surface area contributed by atoms with Gasteiger partial charge in [-0.15, -0.1) is 0 Å². The number of ether oxygens (including phenoxy) is 2. The van der Waals surface area contributed by atoms with Crippen LogP contribution < -0.4 is 15.2 Å². The lowest BCUT2D eigenvalue weighted by molar-refractivity contribution is -0.386. The Balaban J connectivity index is 2.31. The molecule has 0 aliphatic heterocycles. The number of hydrogen-bond donors (Lipinski definition) is 1. The molecule has 1 aromatic carbocycles. The Bertz CT molecular complexity index is 598. The number of methoxy groups -OCH3 is 1. The van der Waals surface area contributed by atoms with E-state index in [9.17, 15) is 10.1 Å². The monoisotopic (exact) mass is 261 g/mol. The summed E-state index contributed by atoms with van der Waals surface area (Å²) in [6.07, 6.45) is 0. The zero-order valence-corrected chi connectivity index (χ0v) is 10.1. The molecular formula is C12H11N3O4. The molecule has 7 heteroatoms. The summed E-state index contributed by atoms with van der Waals surface area (Å²) >= 11 is 0. The normalized spacial score (nSPS) is 9.95. The Labute approximate surface area is 108 Å². The highest BCUT2D eigenvalue weighted by Gasteiger charge is 2.17. The molecule has 0 bridgehead atoms. The van der Waals surface area contributed by atoms with Gasteiger partial charge in [0.1, 0.15) is 17.3 Å². The number of hydrogen-bond acceptors (Lipinski definition) is 6. The number of nitrogens with zero attached hydrogens (tertiary/aromatic N) is 2. The van der Waals surface area contributed by atoms with Gasteiger partial charge in [0.2, 0.25) is 0 Å². The van der Waals surface area contributed by atoms with E-state index in [1.165, 1.54) is 12.1 Å². The Morgan fingerprint density at radius 1 is 1.16 bits per heavy atom. The van der Waals surface area contributed by atoms with Crippen molar-refractivity contribution in [3.8, 4) is 17.4 Å². The number of anilines is 1. The van der Waals surface area contributed by atoms with Gasteiger partial charge in [0.05, 0.1) is 12.0 Å². The van der Waals surface area contributed by atoms with Crippen molar-refractivity contribution in [3.63, 3.8) is 0 Å². The molecule has 0 unspecified atom stereocenters. The van der Waals surface area contributed by atoms with E-state index in [0.29, 0.717) is 11.5 Å². The van der Waals surface area contributed by atoms with Gasteiger partial charge in [0.25, 0.3) is 0 Å². The zero-order valence-electron chi connectivity index (χ0n) is 10.1. The third-order valence-electron chi connectivity index (χ3n) is 2.33. The lowest BCUT2D eigenvalue weighted by Gasteiger charge is -2.06. The molecule has 2 N–H and O–H groups in total. The van der Waals surface area contributed by atoms with Crippen LogP contribution in [0, 0.1) is 10.1 Å². The highest BCUT2D eigenvalue weighted by atomic mass is 16.6. The van der Waals surface area contributed by atoms with Gasteiger partial charge >= 0.3 is 11.6 Å². The minimum absolute atomic E-state index is 0.143. The second kappa shape index (κ2) is 5.21. The summed E-state index contributed by atoms with van der Waals surface area (Å²) in [5, 5.41) is 10.8. The fourth-order valence-corrected chi connectivity index (χ4v) is 1.42. The molecule has 0 fully saturated rings. The van der Waals surface area contributed by atoms with Crippen molar-refractivity contribution in [2.75, 3.05) is 12.8 Å². The summed E-state index contributed by atoms with van der Waals surface area (Å²) in [4.78, 5) is 14.1. The fraction of sp³-hybridized carbons (Fsp3) is 0.0833. The summed E-state index contributed by atoms with van der Waals surface area (Å²) in [7, 11) is 1.54. The van der Waals surface area contributed by atoms with Gasteiger partial charge in [0, 0.05) is 6.07 Å². The topological polar surface area (TPSA) is 101 Å². The molecule has 2 rings (SSSR count). The molecule has 19 heavy (non-hydrogen) atoms. The Morgan fingerprint density at radius 3 is 2.37 bits per heavy atom. The molecule has 1 heterocycles. The van der Waals surface area contributed by atoms with Gasteiger partial charge in [-0.1, -0.05) is 0 Å². The molecule has 0 saturated carbocycles. The van der Waals surface area contributed by atoms with E-state index in [1.807, 2.05) is 0 Å². The average Bonchev–Trinajstić information content (AvgIpc) is 2.39. The first-order valence-electron chi connectivity index (χ1n) is 5.33. The van der Waals surface area contributed by atoms with Crippen molar-refractivity contribution in [2.45, 2.75) is 0 Å². The Kier molecular flexibility index (Phi) is 3.46. The SMILES string of the molecule is COc1ccc(Oc2nc(N)ccc2[N+](=O)[O-])cc1. The molecule has 0 radical (unpaired) electrons. The quantitative estimate of drug-likeness (QED) is 0.669. The maximum Gasteiger partial charge on any atom is 0.331 e. The Hall–Kier alpha value is -2.83. The van der Waals surface area contributed by atoms with Crippen LogP contribution in [0.15, 0.2) is 36.4 Å². The van der Waals surface area contributed by atoms with Crippen LogP contribution in [0.4, 0.5) is 11.5 Å². The predicted octanol–water partition coefficient (Wildman–Crippen LogP) is 2.37. The van der Waals surface area contributed by atoms with Gasteiger partial charge < -0.3 is 15.2 Å². The van der Waals surface area contributed by atoms with Gasteiger partial charge in [0.15, 0.2) is 0 Å². The van der Waals surface area contributed by atoms with E-state index in [1.54, 1.807) is 31.4 Å². The van der Waals surface area contributed by atoms with Crippen LogP contribution in [0.2, 0.25) is 0 Å². The number of rotatable bonds is 4. The van der Waals surface area contributed by atoms with E-state index >= 15 is 0 Å². The maximum atomic E-state index is 10.8. The van der Waals surface area contributed by atoms with Crippen molar-refractivity contribution in [1.82, 2.24) is 4.98 Å². The Morgan fingerprint density at radius 2 is 1.79 bits per heavy atom. The molecule has 2 aromatic rings. The fourth-order valence-electron chi connectivity index (χ4n) is 1.42. The van der Waals surface area contributed by atoms with E-state index in [2.05, 4.69) is 4.98 Å². The first-order chi connectivity index (χ1) is 9.10. The summed E-state index contributed by atoms with van der Waals surface area (Å²) in [6.45, 7) is 0. The highest BCUT2D eigenvalue weighted by Crippen LogP contribution is 2.30. The molecule has 0 spiro atoms. The van der Waals surface area contributed by atoms with Crippen LogP contribution in [0.3, 0.4) is 0 Å². The van der Waals surface area contributed by atoms with E-state index in [-0.39, 0.29) is 17.4 Å². The van der Waals surface area contributed by atoms with Crippen molar-refractivity contribution < 1.29 is 14.4 Å². The largest absolute Gasteiger partial charge is 0.497 e. The van der Waals surface area contributed by atoms with Gasteiger partial charge in [-0.3, -0.25) is 10.1 Å². The first kappa shape index (κ1) is 12.6. The minimum atomic E-state index is -0.578. The number of pyridine rings is 1. The maximum absolute atomic E-state index is 10.8. The minimum Gasteiger partial charge on any atom is -0.497 e. The van der Waals surface area contributed by atoms with Crippen LogP contribution in [-0.4, -0.2) is 17.0 Å². The second-order valence-corrected chi connectivity index (χ2v) is 3.60. The molecule has 0 saturated heterocycles. The van der Waals surface area contributed by atoms with Crippen LogP contribution in [0.25, 0.3) is 0 Å². The summed E-state index contributed by atoms with van der Waals surface area (Å²) in [5.74, 6) is 1.06. The molecular weight excluding hydrogens is 250 g/mol. The standard InChI is InChI=1S/C12H11N3O4/c1-18-8-2-4-9(5-3-8)19-12-10(15(16)17)6-7-11(13)14-12/h2-7H,1H3,(H2,13,14). The van der Waals surface area contributed by atoms with E-state index < -0.39 is 4.92 Å². The third-order valence-corrected chi connectivity index (χ3v) is 2.33. The van der Waals surface area contributed by atoms with Crippen LogP contribution in [0.5, 0.6) is 17.4 Å². The van der Waals surface area contributed by atoms with Crippen LogP contribution in [0.1, 0.15) is 0 Å². The predicted molar refractivity (Wildman–Crippen MR) is 68.4 cm³/mol. The first-order valence-corrected chi connectivity index (χ1v) is 5.33. The van der Waals surface area contributed by atoms with Gasteiger partial charge in [-0.2, -0.15) is 4.98 Å². The molecule has 1 aromatic heterocycles. The van der Waals surface area contributed by atoms with Gasteiger partial charge in [-0.25, -0.2) is 0 Å². The van der Waals surface area contributed by atoms with Crippen molar-refractivity contribution in [1.29, 1.82) is 0 Å². The third kappa shape index (κ3) is 2.89. The smallest absolute Gasteiger partial charge is 0.331 e. The summed E-state index contributed by atoms with van der Waals surface area (Å²) in [6, 6.07) is 9.18. The second-order valence-electron chi connectivity index (χ2n) is 3.60. The number of aromatic nitrogens is 1. The van der Waals surface area contributed by atoms with Gasteiger partial charge in [-0.05, 0) is 30.3 Å². The molecule has 7 nitrogen and oxygen atoms in total. The molecule has 98 valence electrons. The molecule has 0 aliphatic carbocycles. The molecule has 0 aliphatic rings. The van der Waals surface area contributed by atoms with Crippen molar-refractivity contribution in [3.05, 3.63) is 46.5 Å². The van der Waals surface area contributed by atoms with Crippen molar-refractivity contribution >= 4 is 11.5 Å². The molecule has 0 atom stereocenters. The number of nitrogen functional groups attached to an aromatic ring is 1. The highest BCUT2D eigenvalue weighted by molar-refractivity contribution is 5.48. The number of nitrogens with two attached hydrogens (primary N) is 1. The number of nitro groups is 1. The zero-order chi connectivity index (χ0) is 13.8. The van der Waals surface area contributed by atoms with Crippen LogP contribution >= 0.6 is 0 Å². The van der Waals surface area contributed by atoms with E-state index in [4.69, 9.17) is 15.2 Å². The molecule has 0 amide bonds.